The highest BCUT2D eigenvalue weighted by molar-refractivity contribution is 5.00. The Bertz CT molecular complexity index is 259. The molecule has 2 bridgehead atoms. The Kier molecular flexibility index (Phi) is 5.63. The number of hydrogen-bond donors (Lipinski definition) is 0. The molecule has 0 N–H and O–H groups in total. The van der Waals surface area contributed by atoms with E-state index in [0.29, 0.717) is 12.2 Å². The van der Waals surface area contributed by atoms with E-state index in [1.807, 2.05) is 0 Å². The Labute approximate surface area is 118 Å². The quantitative estimate of drug-likeness (QED) is 0.669. The second-order valence-electron chi connectivity index (χ2n) is 6.38. The van der Waals surface area contributed by atoms with Gasteiger partial charge in [0.15, 0.2) is 0 Å². The minimum atomic E-state index is 0.351. The molecule has 3 heterocycles. The Balaban J connectivity index is 1.61. The van der Waals surface area contributed by atoms with E-state index in [2.05, 4.69) is 37.5 Å². The van der Waals surface area contributed by atoms with Gasteiger partial charge in [-0.15, -0.1) is 0 Å². The maximum atomic E-state index is 5.66. The second kappa shape index (κ2) is 7.02. The molecular weight excluding hydrogens is 240 g/mol. The van der Waals surface area contributed by atoms with Gasteiger partial charge in [-0.25, -0.2) is 0 Å². The van der Waals surface area contributed by atoms with Gasteiger partial charge < -0.3 is 9.47 Å². The lowest BCUT2D eigenvalue weighted by atomic mass is 9.87. The largest absolute Gasteiger partial charge is 0.377 e. The van der Waals surface area contributed by atoms with Crippen LogP contribution in [0.3, 0.4) is 0 Å². The summed E-state index contributed by atoms with van der Waals surface area (Å²) in [6.07, 6.45) is 2.08. The molecule has 0 amide bonds. The van der Waals surface area contributed by atoms with Gasteiger partial charge in [-0.1, -0.05) is 0 Å². The number of fused-ring (bicyclic) bond motifs is 2. The van der Waals surface area contributed by atoms with E-state index < -0.39 is 0 Å². The van der Waals surface area contributed by atoms with Crippen LogP contribution in [-0.2, 0) is 9.47 Å². The minimum absolute atomic E-state index is 0.351. The summed E-state index contributed by atoms with van der Waals surface area (Å²) >= 11 is 0. The third-order valence-corrected chi connectivity index (χ3v) is 4.08. The first-order valence-corrected chi connectivity index (χ1v) is 7.77. The Morgan fingerprint density at radius 1 is 0.895 bits per heavy atom. The van der Waals surface area contributed by atoms with E-state index in [0.717, 1.165) is 38.4 Å². The molecule has 112 valence electrons. The van der Waals surface area contributed by atoms with Crippen molar-refractivity contribution in [1.82, 2.24) is 9.80 Å². The van der Waals surface area contributed by atoms with Gasteiger partial charge in [0.2, 0.25) is 0 Å². The predicted octanol–water partition coefficient (Wildman–Crippen LogP) is 1.59. The number of hydrogen-bond acceptors (Lipinski definition) is 4. The van der Waals surface area contributed by atoms with E-state index >= 15 is 0 Å². The van der Waals surface area contributed by atoms with Crippen LogP contribution in [0.15, 0.2) is 0 Å². The standard InChI is InChI=1S/C15H30N2O2/c1-12(2)18-7-5-16-10-14-9-15(11-16)17(14)6-8-19-13(3)4/h12-15H,5-11H2,1-4H3. The molecule has 3 aliphatic rings. The smallest absolute Gasteiger partial charge is 0.0597 e. The van der Waals surface area contributed by atoms with Crippen molar-refractivity contribution in [2.24, 2.45) is 0 Å². The van der Waals surface area contributed by atoms with Crippen LogP contribution in [-0.4, -0.2) is 73.5 Å². The van der Waals surface area contributed by atoms with Crippen LogP contribution in [0.1, 0.15) is 34.1 Å². The van der Waals surface area contributed by atoms with Crippen molar-refractivity contribution >= 4 is 0 Å². The summed E-state index contributed by atoms with van der Waals surface area (Å²) in [4.78, 5) is 5.18. The maximum absolute atomic E-state index is 5.66. The van der Waals surface area contributed by atoms with Crippen molar-refractivity contribution in [3.05, 3.63) is 0 Å². The van der Waals surface area contributed by atoms with Gasteiger partial charge in [-0.05, 0) is 34.1 Å². The van der Waals surface area contributed by atoms with Crippen LogP contribution in [0.25, 0.3) is 0 Å². The SMILES string of the molecule is CC(C)OCCN1CC2CC(C1)N2CCOC(C)C. The van der Waals surface area contributed by atoms with Crippen LogP contribution in [0, 0.1) is 0 Å². The number of nitrogens with zero attached hydrogens (tertiary/aromatic N) is 2. The molecule has 2 atom stereocenters. The van der Waals surface area contributed by atoms with E-state index in [1.54, 1.807) is 0 Å². The first-order valence-electron chi connectivity index (χ1n) is 7.77. The molecule has 0 aromatic rings. The molecule has 4 nitrogen and oxygen atoms in total. The van der Waals surface area contributed by atoms with E-state index in [4.69, 9.17) is 9.47 Å². The lowest BCUT2D eigenvalue weighted by Gasteiger charge is -2.56. The molecule has 3 aliphatic heterocycles. The lowest BCUT2D eigenvalue weighted by molar-refractivity contribution is -0.0891. The minimum Gasteiger partial charge on any atom is -0.377 e. The van der Waals surface area contributed by atoms with Gasteiger partial charge in [0.25, 0.3) is 0 Å². The summed E-state index contributed by atoms with van der Waals surface area (Å²) in [6.45, 7) is 14.8. The Morgan fingerprint density at radius 2 is 1.42 bits per heavy atom. The Morgan fingerprint density at radius 3 is 1.95 bits per heavy atom. The number of ether oxygens (including phenoxy) is 2. The molecule has 3 fully saturated rings. The maximum Gasteiger partial charge on any atom is 0.0597 e. The van der Waals surface area contributed by atoms with Crippen LogP contribution >= 0.6 is 0 Å². The summed E-state index contributed by atoms with van der Waals surface area (Å²) in [5.74, 6) is 0. The fraction of sp³-hybridized carbons (Fsp3) is 1.00. The highest BCUT2D eigenvalue weighted by Gasteiger charge is 2.43. The normalized spacial score (nSPS) is 28.1. The molecular formula is C15H30N2O2. The monoisotopic (exact) mass is 270 g/mol. The molecule has 0 spiro atoms. The molecule has 3 rings (SSSR count). The first-order chi connectivity index (χ1) is 9.06. The average molecular weight is 270 g/mol. The van der Waals surface area contributed by atoms with E-state index in [1.165, 1.54) is 19.5 Å². The van der Waals surface area contributed by atoms with Crippen LogP contribution in [0.4, 0.5) is 0 Å². The van der Waals surface area contributed by atoms with Crippen molar-refractivity contribution in [1.29, 1.82) is 0 Å². The Hall–Kier alpha value is -0.160. The second-order valence-corrected chi connectivity index (χ2v) is 6.38. The number of piperidine rings is 1. The van der Waals surface area contributed by atoms with E-state index in [-0.39, 0.29) is 0 Å². The summed E-state index contributed by atoms with van der Waals surface area (Å²) in [6, 6.07) is 1.52. The average Bonchev–Trinajstić information content (AvgIpc) is 2.34. The van der Waals surface area contributed by atoms with E-state index in [9.17, 15) is 0 Å². The highest BCUT2D eigenvalue weighted by Crippen LogP contribution is 2.31. The fourth-order valence-electron chi connectivity index (χ4n) is 3.13. The van der Waals surface area contributed by atoms with Gasteiger partial charge in [0, 0.05) is 38.3 Å². The molecule has 0 aromatic heterocycles. The topological polar surface area (TPSA) is 24.9 Å². The van der Waals surface area contributed by atoms with Gasteiger partial charge >= 0.3 is 0 Å². The molecule has 0 aliphatic carbocycles. The zero-order valence-electron chi connectivity index (χ0n) is 13.0. The van der Waals surface area contributed by atoms with Gasteiger partial charge in [-0.3, -0.25) is 9.80 Å². The van der Waals surface area contributed by atoms with Crippen molar-refractivity contribution < 1.29 is 9.47 Å². The van der Waals surface area contributed by atoms with Crippen LogP contribution in [0.2, 0.25) is 0 Å². The summed E-state index contributed by atoms with van der Waals surface area (Å²) in [7, 11) is 0. The predicted molar refractivity (Wildman–Crippen MR) is 77.5 cm³/mol. The van der Waals surface area contributed by atoms with Gasteiger partial charge in [0.05, 0.1) is 25.4 Å². The van der Waals surface area contributed by atoms with Crippen LogP contribution in [0.5, 0.6) is 0 Å². The molecule has 3 saturated heterocycles. The molecule has 19 heavy (non-hydrogen) atoms. The first kappa shape index (κ1) is 15.2. The van der Waals surface area contributed by atoms with Crippen LogP contribution < -0.4 is 0 Å². The molecule has 0 aromatic carbocycles. The number of rotatable bonds is 8. The third kappa shape index (κ3) is 4.42. The third-order valence-electron chi connectivity index (χ3n) is 4.08. The van der Waals surface area contributed by atoms with Crippen molar-refractivity contribution in [2.45, 2.75) is 58.4 Å². The molecule has 0 radical (unpaired) electrons. The van der Waals surface area contributed by atoms with Gasteiger partial charge in [0.1, 0.15) is 0 Å². The number of piperazine rings is 1. The molecule has 2 unspecified atom stereocenters. The zero-order valence-corrected chi connectivity index (χ0v) is 13.0. The van der Waals surface area contributed by atoms with Crippen molar-refractivity contribution in [3.63, 3.8) is 0 Å². The van der Waals surface area contributed by atoms with Crippen molar-refractivity contribution in [2.75, 3.05) is 39.4 Å². The molecule has 0 saturated carbocycles. The van der Waals surface area contributed by atoms with Gasteiger partial charge in [-0.2, -0.15) is 0 Å². The highest BCUT2D eigenvalue weighted by atomic mass is 16.5. The lowest BCUT2D eigenvalue weighted by Crippen LogP contribution is -2.69. The fourth-order valence-corrected chi connectivity index (χ4v) is 3.13. The summed E-state index contributed by atoms with van der Waals surface area (Å²) in [5.41, 5.74) is 0. The summed E-state index contributed by atoms with van der Waals surface area (Å²) < 4.78 is 11.3. The summed E-state index contributed by atoms with van der Waals surface area (Å²) in [5, 5.41) is 0. The zero-order chi connectivity index (χ0) is 13.8. The molecule has 4 heteroatoms. The van der Waals surface area contributed by atoms with Crippen molar-refractivity contribution in [3.8, 4) is 0 Å².